The predicted octanol–water partition coefficient (Wildman–Crippen LogP) is 2.17. The highest BCUT2D eigenvalue weighted by Crippen LogP contribution is 2.28. The van der Waals surface area contributed by atoms with Crippen molar-refractivity contribution >= 4 is 0 Å². The Kier molecular flexibility index (Phi) is 7.87. The molecule has 3 heteroatoms. The van der Waals surface area contributed by atoms with E-state index in [1.807, 2.05) is 0 Å². The first-order chi connectivity index (χ1) is 8.63. The molecule has 2 N–H and O–H groups in total. The van der Waals surface area contributed by atoms with E-state index >= 15 is 0 Å². The summed E-state index contributed by atoms with van der Waals surface area (Å²) in [6, 6.07) is 0.593. The van der Waals surface area contributed by atoms with Gasteiger partial charge in [0, 0.05) is 12.6 Å². The molecule has 0 saturated heterocycles. The summed E-state index contributed by atoms with van der Waals surface area (Å²) < 4.78 is 0. The molecule has 0 aromatic carbocycles. The quantitative estimate of drug-likeness (QED) is 0.721. The minimum absolute atomic E-state index is 0.593. The molecule has 1 unspecified atom stereocenters. The first kappa shape index (κ1) is 15.9. The van der Waals surface area contributed by atoms with Crippen molar-refractivity contribution in [2.24, 2.45) is 11.7 Å². The van der Waals surface area contributed by atoms with Gasteiger partial charge in [0.25, 0.3) is 0 Å². The number of hydrogen-bond acceptors (Lipinski definition) is 3. The van der Waals surface area contributed by atoms with Crippen LogP contribution in [0.2, 0.25) is 0 Å². The third-order valence-corrected chi connectivity index (χ3v) is 4.34. The number of hydrogen-bond donors (Lipinski definition) is 1. The average molecular weight is 255 g/mol. The molecule has 0 bridgehead atoms. The van der Waals surface area contributed by atoms with Crippen LogP contribution < -0.4 is 5.73 Å². The highest BCUT2D eigenvalue weighted by Gasteiger charge is 2.20. The number of nitrogens with zero attached hydrogens (tertiary/aromatic N) is 2. The van der Waals surface area contributed by atoms with Crippen LogP contribution in [-0.4, -0.2) is 56.6 Å². The molecule has 108 valence electrons. The number of nitrogens with two attached hydrogens (primary N) is 1. The van der Waals surface area contributed by atoms with Crippen molar-refractivity contribution < 1.29 is 0 Å². The topological polar surface area (TPSA) is 32.5 Å². The molecule has 1 fully saturated rings. The SMILES string of the molecule is CN(C)CCCN(C)C(CN)CC1CCCCC1. The summed E-state index contributed by atoms with van der Waals surface area (Å²) in [5.74, 6) is 0.934. The van der Waals surface area contributed by atoms with Crippen molar-refractivity contribution in [3.05, 3.63) is 0 Å². The summed E-state index contributed by atoms with van der Waals surface area (Å²) in [5, 5.41) is 0. The molecule has 0 spiro atoms. The zero-order valence-corrected chi connectivity index (χ0v) is 12.7. The van der Waals surface area contributed by atoms with Gasteiger partial charge in [0.15, 0.2) is 0 Å². The monoisotopic (exact) mass is 255 g/mol. The molecule has 1 rings (SSSR count). The van der Waals surface area contributed by atoms with Crippen LogP contribution in [-0.2, 0) is 0 Å². The molecule has 3 nitrogen and oxygen atoms in total. The second-order valence-electron chi connectivity index (χ2n) is 6.27. The molecule has 0 aromatic heterocycles. The van der Waals surface area contributed by atoms with Gasteiger partial charge in [0.2, 0.25) is 0 Å². The molecule has 0 heterocycles. The predicted molar refractivity (Wildman–Crippen MR) is 79.8 cm³/mol. The molecular weight excluding hydrogens is 222 g/mol. The van der Waals surface area contributed by atoms with Crippen LogP contribution in [0.1, 0.15) is 44.9 Å². The molecule has 0 aliphatic heterocycles. The second-order valence-corrected chi connectivity index (χ2v) is 6.27. The molecule has 0 radical (unpaired) electrons. The van der Waals surface area contributed by atoms with Crippen molar-refractivity contribution in [1.82, 2.24) is 9.80 Å². The van der Waals surface area contributed by atoms with Gasteiger partial charge in [-0.3, -0.25) is 0 Å². The summed E-state index contributed by atoms with van der Waals surface area (Å²) in [6.07, 6.45) is 9.74. The maximum atomic E-state index is 5.97. The van der Waals surface area contributed by atoms with Crippen LogP contribution in [0.25, 0.3) is 0 Å². The minimum Gasteiger partial charge on any atom is -0.329 e. The van der Waals surface area contributed by atoms with E-state index in [4.69, 9.17) is 5.73 Å². The normalized spacial score (nSPS) is 19.7. The lowest BCUT2D eigenvalue weighted by molar-refractivity contribution is 0.184. The smallest absolute Gasteiger partial charge is 0.0218 e. The van der Waals surface area contributed by atoms with Gasteiger partial charge in [0.05, 0.1) is 0 Å². The van der Waals surface area contributed by atoms with E-state index in [1.54, 1.807) is 0 Å². The Morgan fingerprint density at radius 2 is 1.72 bits per heavy atom. The molecule has 0 amide bonds. The van der Waals surface area contributed by atoms with Gasteiger partial charge < -0.3 is 15.5 Å². The maximum absolute atomic E-state index is 5.97. The summed E-state index contributed by atoms with van der Waals surface area (Å²) in [5.41, 5.74) is 5.97. The van der Waals surface area contributed by atoms with Crippen molar-refractivity contribution in [2.45, 2.75) is 51.0 Å². The minimum atomic E-state index is 0.593. The standard InChI is InChI=1S/C15H33N3/c1-17(2)10-7-11-18(3)15(13-16)12-14-8-5-4-6-9-14/h14-15H,4-13,16H2,1-3H3. The first-order valence-electron chi connectivity index (χ1n) is 7.68. The van der Waals surface area contributed by atoms with E-state index in [1.165, 1.54) is 58.0 Å². The van der Waals surface area contributed by atoms with E-state index in [0.29, 0.717) is 6.04 Å². The van der Waals surface area contributed by atoms with Crippen LogP contribution in [0, 0.1) is 5.92 Å². The Bertz CT molecular complexity index is 200. The van der Waals surface area contributed by atoms with Gasteiger partial charge in [-0.1, -0.05) is 32.1 Å². The maximum Gasteiger partial charge on any atom is 0.0218 e. The van der Waals surface area contributed by atoms with E-state index in [2.05, 4.69) is 30.9 Å². The fourth-order valence-electron chi connectivity index (χ4n) is 3.08. The Balaban J connectivity index is 2.25. The molecule has 18 heavy (non-hydrogen) atoms. The highest BCUT2D eigenvalue weighted by atomic mass is 15.1. The van der Waals surface area contributed by atoms with Crippen LogP contribution in [0.3, 0.4) is 0 Å². The van der Waals surface area contributed by atoms with Crippen LogP contribution in [0.15, 0.2) is 0 Å². The van der Waals surface area contributed by atoms with Crippen molar-refractivity contribution in [2.75, 3.05) is 40.8 Å². The Morgan fingerprint density at radius 3 is 2.28 bits per heavy atom. The molecule has 1 saturated carbocycles. The Labute approximate surface area is 114 Å². The largest absolute Gasteiger partial charge is 0.329 e. The van der Waals surface area contributed by atoms with Gasteiger partial charge in [0.1, 0.15) is 0 Å². The van der Waals surface area contributed by atoms with Crippen LogP contribution in [0.4, 0.5) is 0 Å². The van der Waals surface area contributed by atoms with Crippen molar-refractivity contribution in [1.29, 1.82) is 0 Å². The van der Waals surface area contributed by atoms with Gasteiger partial charge in [-0.15, -0.1) is 0 Å². The summed E-state index contributed by atoms with van der Waals surface area (Å²) in [6.45, 7) is 3.16. The van der Waals surface area contributed by atoms with E-state index in [0.717, 1.165) is 12.5 Å². The lowest BCUT2D eigenvalue weighted by atomic mass is 9.84. The lowest BCUT2D eigenvalue weighted by Crippen LogP contribution is -2.40. The number of likely N-dealkylation sites (N-methyl/N-ethyl adjacent to an activating group) is 1. The fourth-order valence-corrected chi connectivity index (χ4v) is 3.08. The molecule has 0 aromatic rings. The molecule has 1 aliphatic rings. The van der Waals surface area contributed by atoms with Crippen LogP contribution >= 0.6 is 0 Å². The van der Waals surface area contributed by atoms with Gasteiger partial charge in [-0.2, -0.15) is 0 Å². The third-order valence-electron chi connectivity index (χ3n) is 4.34. The zero-order valence-electron chi connectivity index (χ0n) is 12.7. The van der Waals surface area contributed by atoms with Crippen molar-refractivity contribution in [3.8, 4) is 0 Å². The highest BCUT2D eigenvalue weighted by molar-refractivity contribution is 4.76. The first-order valence-corrected chi connectivity index (χ1v) is 7.68. The molecular formula is C15H33N3. The molecule has 1 aliphatic carbocycles. The summed E-state index contributed by atoms with van der Waals surface area (Å²) in [7, 11) is 6.53. The Hall–Kier alpha value is -0.120. The third kappa shape index (κ3) is 6.17. The van der Waals surface area contributed by atoms with E-state index < -0.39 is 0 Å². The van der Waals surface area contributed by atoms with Crippen LogP contribution in [0.5, 0.6) is 0 Å². The summed E-state index contributed by atoms with van der Waals surface area (Å²) >= 11 is 0. The van der Waals surface area contributed by atoms with E-state index in [9.17, 15) is 0 Å². The Morgan fingerprint density at radius 1 is 1.06 bits per heavy atom. The lowest BCUT2D eigenvalue weighted by Gasteiger charge is -2.32. The number of rotatable bonds is 8. The van der Waals surface area contributed by atoms with E-state index in [-0.39, 0.29) is 0 Å². The summed E-state index contributed by atoms with van der Waals surface area (Å²) in [4.78, 5) is 4.74. The zero-order chi connectivity index (χ0) is 13.4. The van der Waals surface area contributed by atoms with Gasteiger partial charge in [-0.25, -0.2) is 0 Å². The van der Waals surface area contributed by atoms with Gasteiger partial charge in [-0.05, 0) is 53.0 Å². The van der Waals surface area contributed by atoms with Gasteiger partial charge >= 0.3 is 0 Å². The second kappa shape index (κ2) is 8.89. The van der Waals surface area contributed by atoms with Crippen molar-refractivity contribution in [3.63, 3.8) is 0 Å². The fraction of sp³-hybridized carbons (Fsp3) is 1.00. The average Bonchev–Trinajstić information content (AvgIpc) is 2.36. The molecule has 1 atom stereocenters.